The zero-order valence-corrected chi connectivity index (χ0v) is 8.63. The summed E-state index contributed by atoms with van der Waals surface area (Å²) in [6, 6.07) is -0.105. The van der Waals surface area contributed by atoms with E-state index in [1.807, 2.05) is 20.9 Å². The van der Waals surface area contributed by atoms with Crippen LogP contribution in [0, 0.1) is 5.92 Å². The van der Waals surface area contributed by atoms with Gasteiger partial charge in [-0.15, -0.1) is 0 Å². The molecule has 78 valence electrons. The molecule has 0 aliphatic heterocycles. The second-order valence-corrected chi connectivity index (χ2v) is 3.26. The molecule has 0 fully saturated rings. The van der Waals surface area contributed by atoms with Crippen molar-refractivity contribution in [1.82, 2.24) is 10.6 Å². The van der Waals surface area contributed by atoms with Crippen LogP contribution in [0.1, 0.15) is 20.3 Å². The van der Waals surface area contributed by atoms with Crippen LogP contribution in [0.5, 0.6) is 0 Å². The van der Waals surface area contributed by atoms with Gasteiger partial charge in [-0.2, -0.15) is 0 Å². The molecular formula is C9H20N2O2. The van der Waals surface area contributed by atoms with E-state index in [1.165, 1.54) is 0 Å². The van der Waals surface area contributed by atoms with Gasteiger partial charge in [-0.05, 0) is 13.5 Å². The van der Waals surface area contributed by atoms with Gasteiger partial charge in [0, 0.05) is 12.5 Å². The fourth-order valence-corrected chi connectivity index (χ4v) is 1.02. The smallest absolute Gasteiger partial charge is 0.224 e. The molecule has 0 aromatic carbocycles. The lowest BCUT2D eigenvalue weighted by molar-refractivity contribution is -0.125. The van der Waals surface area contributed by atoms with Crippen LogP contribution >= 0.6 is 0 Å². The second kappa shape index (κ2) is 6.86. The third-order valence-electron chi connectivity index (χ3n) is 2.02. The first kappa shape index (κ1) is 12.4. The van der Waals surface area contributed by atoms with E-state index in [0.29, 0.717) is 6.54 Å². The molecule has 4 heteroatoms. The average Bonchev–Trinajstić information content (AvgIpc) is 2.14. The summed E-state index contributed by atoms with van der Waals surface area (Å²) in [5.74, 6) is -0.0548. The number of carbonyl (C=O) groups is 1. The highest BCUT2D eigenvalue weighted by Crippen LogP contribution is 1.95. The topological polar surface area (TPSA) is 61.4 Å². The van der Waals surface area contributed by atoms with Crippen molar-refractivity contribution in [3.8, 4) is 0 Å². The zero-order valence-electron chi connectivity index (χ0n) is 8.63. The van der Waals surface area contributed by atoms with Crippen LogP contribution < -0.4 is 10.6 Å². The Balaban J connectivity index is 3.83. The third kappa shape index (κ3) is 4.85. The van der Waals surface area contributed by atoms with Gasteiger partial charge in [0.15, 0.2) is 0 Å². The van der Waals surface area contributed by atoms with Gasteiger partial charge in [0.25, 0.3) is 0 Å². The number of hydrogen-bond acceptors (Lipinski definition) is 3. The Morgan fingerprint density at radius 1 is 1.54 bits per heavy atom. The Bertz CT molecular complexity index is 147. The van der Waals surface area contributed by atoms with E-state index >= 15 is 0 Å². The highest BCUT2D eigenvalue weighted by atomic mass is 16.3. The summed E-state index contributed by atoms with van der Waals surface area (Å²) in [4.78, 5) is 11.4. The fraction of sp³-hybridized carbons (Fsp3) is 0.889. The maximum Gasteiger partial charge on any atom is 0.224 e. The average molecular weight is 188 g/mol. The lowest BCUT2D eigenvalue weighted by Crippen LogP contribution is -2.42. The van der Waals surface area contributed by atoms with Crippen LogP contribution in [0.4, 0.5) is 0 Å². The van der Waals surface area contributed by atoms with E-state index in [-0.39, 0.29) is 24.5 Å². The minimum Gasteiger partial charge on any atom is -0.394 e. The number of nitrogens with one attached hydrogen (secondary N) is 2. The van der Waals surface area contributed by atoms with Crippen LogP contribution in [0.25, 0.3) is 0 Å². The Hall–Kier alpha value is -0.610. The highest BCUT2D eigenvalue weighted by Gasteiger charge is 2.14. The molecule has 0 saturated carbocycles. The van der Waals surface area contributed by atoms with E-state index in [9.17, 15) is 4.79 Å². The van der Waals surface area contributed by atoms with Gasteiger partial charge in [0.1, 0.15) is 0 Å². The van der Waals surface area contributed by atoms with Crippen molar-refractivity contribution >= 4 is 5.91 Å². The van der Waals surface area contributed by atoms with Gasteiger partial charge in [0.2, 0.25) is 5.91 Å². The molecule has 0 spiro atoms. The summed E-state index contributed by atoms with van der Waals surface area (Å²) >= 11 is 0. The summed E-state index contributed by atoms with van der Waals surface area (Å²) in [5.41, 5.74) is 0. The SMILES string of the molecule is CCC(CO)NC(=O)C(C)CNC. The molecule has 0 aliphatic carbocycles. The highest BCUT2D eigenvalue weighted by molar-refractivity contribution is 5.78. The molecule has 4 nitrogen and oxygen atoms in total. The lowest BCUT2D eigenvalue weighted by atomic mass is 10.1. The number of hydrogen-bond donors (Lipinski definition) is 3. The molecule has 2 unspecified atom stereocenters. The number of aliphatic hydroxyl groups is 1. The van der Waals surface area contributed by atoms with Crippen LogP contribution in [0.2, 0.25) is 0 Å². The van der Waals surface area contributed by atoms with Gasteiger partial charge in [-0.3, -0.25) is 4.79 Å². The minimum atomic E-state index is -0.105. The molecule has 0 aromatic heterocycles. The first-order valence-corrected chi connectivity index (χ1v) is 4.71. The van der Waals surface area contributed by atoms with Crippen LogP contribution in [0.15, 0.2) is 0 Å². The maximum absolute atomic E-state index is 11.4. The van der Waals surface area contributed by atoms with E-state index in [0.717, 1.165) is 6.42 Å². The Kier molecular flexibility index (Phi) is 6.54. The molecule has 1 amide bonds. The van der Waals surface area contributed by atoms with Gasteiger partial charge in [-0.25, -0.2) is 0 Å². The molecule has 0 saturated heterocycles. The summed E-state index contributed by atoms with van der Waals surface area (Å²) in [5, 5.41) is 14.6. The normalized spacial score (nSPS) is 15.1. The summed E-state index contributed by atoms with van der Waals surface area (Å²) in [6.07, 6.45) is 0.758. The lowest BCUT2D eigenvalue weighted by Gasteiger charge is -2.17. The molecule has 0 bridgehead atoms. The van der Waals surface area contributed by atoms with Crippen LogP contribution in [-0.4, -0.2) is 37.3 Å². The standard InChI is InChI=1S/C9H20N2O2/c1-4-8(6-12)11-9(13)7(2)5-10-3/h7-8,10,12H,4-6H2,1-3H3,(H,11,13). The minimum absolute atomic E-state index is 0.00440. The predicted octanol–water partition coefficient (Wildman–Crippen LogP) is -0.271. The number of carbonyl (C=O) groups excluding carboxylic acids is 1. The van der Waals surface area contributed by atoms with Crippen molar-refractivity contribution in [2.75, 3.05) is 20.2 Å². The maximum atomic E-state index is 11.4. The summed E-state index contributed by atoms with van der Waals surface area (Å²) in [7, 11) is 1.81. The Morgan fingerprint density at radius 2 is 2.15 bits per heavy atom. The largest absolute Gasteiger partial charge is 0.394 e. The van der Waals surface area contributed by atoms with Crippen LogP contribution in [0.3, 0.4) is 0 Å². The number of aliphatic hydroxyl groups excluding tert-OH is 1. The van der Waals surface area contributed by atoms with Crippen LogP contribution in [-0.2, 0) is 4.79 Å². The van der Waals surface area contributed by atoms with Crippen molar-refractivity contribution < 1.29 is 9.90 Å². The summed E-state index contributed by atoms with van der Waals surface area (Å²) < 4.78 is 0. The molecule has 0 aromatic rings. The van der Waals surface area contributed by atoms with Gasteiger partial charge in [-0.1, -0.05) is 13.8 Å². The molecule has 0 aliphatic rings. The van der Waals surface area contributed by atoms with E-state index in [4.69, 9.17) is 5.11 Å². The molecule has 0 radical (unpaired) electrons. The third-order valence-corrected chi connectivity index (χ3v) is 2.02. The molecule has 3 N–H and O–H groups in total. The molecule has 2 atom stereocenters. The monoisotopic (exact) mass is 188 g/mol. The van der Waals surface area contributed by atoms with Gasteiger partial charge >= 0.3 is 0 Å². The van der Waals surface area contributed by atoms with E-state index in [1.54, 1.807) is 0 Å². The Morgan fingerprint density at radius 3 is 2.54 bits per heavy atom. The first-order chi connectivity index (χ1) is 6.15. The van der Waals surface area contributed by atoms with E-state index in [2.05, 4.69) is 10.6 Å². The van der Waals surface area contributed by atoms with Crippen molar-refractivity contribution in [2.45, 2.75) is 26.3 Å². The summed E-state index contributed by atoms with van der Waals surface area (Å²) in [6.45, 7) is 4.46. The Labute approximate surface area is 79.7 Å². The molecule has 13 heavy (non-hydrogen) atoms. The van der Waals surface area contributed by atoms with Crippen molar-refractivity contribution in [1.29, 1.82) is 0 Å². The fourth-order valence-electron chi connectivity index (χ4n) is 1.02. The quantitative estimate of drug-likeness (QED) is 0.537. The van der Waals surface area contributed by atoms with Crippen molar-refractivity contribution in [2.24, 2.45) is 5.92 Å². The van der Waals surface area contributed by atoms with Crippen molar-refractivity contribution in [3.63, 3.8) is 0 Å². The van der Waals surface area contributed by atoms with E-state index < -0.39 is 0 Å². The zero-order chi connectivity index (χ0) is 10.3. The second-order valence-electron chi connectivity index (χ2n) is 3.26. The van der Waals surface area contributed by atoms with Crippen molar-refractivity contribution in [3.05, 3.63) is 0 Å². The van der Waals surface area contributed by atoms with Gasteiger partial charge in [0.05, 0.1) is 12.6 Å². The van der Waals surface area contributed by atoms with Gasteiger partial charge < -0.3 is 15.7 Å². The predicted molar refractivity (Wildman–Crippen MR) is 52.4 cm³/mol. The number of amides is 1. The number of rotatable bonds is 6. The first-order valence-electron chi connectivity index (χ1n) is 4.71. The molecular weight excluding hydrogens is 168 g/mol. The molecule has 0 rings (SSSR count). The molecule has 0 heterocycles.